The molecule has 4 nitrogen and oxygen atoms in total. The van der Waals surface area contributed by atoms with Gasteiger partial charge in [0.1, 0.15) is 16.7 Å². The topological polar surface area (TPSA) is 54.9 Å². The van der Waals surface area contributed by atoms with Crippen molar-refractivity contribution in [2.24, 2.45) is 0 Å². The molecule has 1 rings (SSSR count). The summed E-state index contributed by atoms with van der Waals surface area (Å²) in [6.07, 6.45) is 3.17. The van der Waals surface area contributed by atoms with Crippen molar-refractivity contribution in [3.63, 3.8) is 0 Å². The number of hydrogen-bond acceptors (Lipinski definition) is 4. The predicted molar refractivity (Wildman–Crippen MR) is 61.8 cm³/mol. The Kier molecular flexibility index (Phi) is 4.47. The number of rotatable bonds is 4. The molecule has 1 N–H and O–H groups in total. The Morgan fingerprint density at radius 1 is 1.64 bits per heavy atom. The Labute approximate surface area is 94.1 Å². The van der Waals surface area contributed by atoms with E-state index in [0.29, 0.717) is 6.54 Å². The van der Waals surface area contributed by atoms with Crippen LogP contribution in [0.15, 0.2) is 17.0 Å². The van der Waals surface area contributed by atoms with E-state index in [1.54, 1.807) is 12.3 Å². The highest BCUT2D eigenvalue weighted by Gasteiger charge is 2.05. The maximum absolute atomic E-state index is 11.1. The molecule has 0 aromatic carbocycles. The quantitative estimate of drug-likeness (QED) is 0.846. The van der Waals surface area contributed by atoms with E-state index in [0.717, 1.165) is 10.4 Å². The summed E-state index contributed by atoms with van der Waals surface area (Å²) in [4.78, 5) is 7.93. The second kappa shape index (κ2) is 5.41. The van der Waals surface area contributed by atoms with Gasteiger partial charge >= 0.3 is 0 Å². The summed E-state index contributed by atoms with van der Waals surface area (Å²) in [6.45, 7) is 2.58. The molecule has 0 bridgehead atoms. The number of nitrogens with one attached hydrogen (secondary N) is 1. The fourth-order valence-corrected chi connectivity index (χ4v) is 1.42. The maximum atomic E-state index is 11.1. The van der Waals surface area contributed by atoms with Crippen molar-refractivity contribution >= 4 is 32.5 Å². The third-order valence-electron chi connectivity index (χ3n) is 1.77. The summed E-state index contributed by atoms with van der Waals surface area (Å²) in [5.41, 5.74) is 0. The summed E-state index contributed by atoms with van der Waals surface area (Å²) in [5, 5.41) is 3.21. The number of hydrogen-bond donors (Lipinski definition) is 1. The first kappa shape index (κ1) is 11.6. The van der Waals surface area contributed by atoms with Crippen molar-refractivity contribution in [2.75, 3.05) is 18.1 Å². The Hall–Kier alpha value is -0.490. The second-order valence-corrected chi connectivity index (χ2v) is 5.53. The van der Waals surface area contributed by atoms with Crippen LogP contribution in [0.5, 0.6) is 0 Å². The fraction of sp³-hybridized carbons (Fsp3) is 0.500. The van der Waals surface area contributed by atoms with Gasteiger partial charge < -0.3 is 5.32 Å². The lowest BCUT2D eigenvalue weighted by atomic mass is 10.4. The molecule has 0 fully saturated rings. The molecule has 0 aliphatic heterocycles. The Bertz CT molecular complexity index is 334. The monoisotopic (exact) mass is 277 g/mol. The minimum absolute atomic E-state index is 0.115. The summed E-state index contributed by atoms with van der Waals surface area (Å²) in [6, 6.07) is 1.78. The molecule has 2 unspecified atom stereocenters. The molecule has 0 spiro atoms. The van der Waals surface area contributed by atoms with Crippen LogP contribution in [0.1, 0.15) is 6.92 Å². The van der Waals surface area contributed by atoms with E-state index in [9.17, 15) is 4.21 Å². The molecule has 0 saturated carbocycles. The molecule has 78 valence electrons. The van der Waals surface area contributed by atoms with E-state index in [4.69, 9.17) is 0 Å². The molecule has 1 heterocycles. The Balaban J connectivity index is 2.49. The molecule has 0 aliphatic carbocycles. The molecular formula is C8H12BrN3OS. The highest BCUT2D eigenvalue weighted by molar-refractivity contribution is 9.10. The Morgan fingerprint density at radius 3 is 2.93 bits per heavy atom. The zero-order chi connectivity index (χ0) is 10.6. The van der Waals surface area contributed by atoms with Crippen molar-refractivity contribution in [3.8, 4) is 0 Å². The van der Waals surface area contributed by atoms with Gasteiger partial charge in [0.15, 0.2) is 0 Å². The highest BCUT2D eigenvalue weighted by atomic mass is 79.9. The van der Waals surface area contributed by atoms with Gasteiger partial charge in [-0.05, 0) is 22.9 Å². The third kappa shape index (κ3) is 3.71. The molecule has 1 aromatic rings. The van der Waals surface area contributed by atoms with Crippen LogP contribution in [0, 0.1) is 0 Å². The number of nitrogens with zero attached hydrogens (tertiary/aromatic N) is 2. The van der Waals surface area contributed by atoms with Crippen LogP contribution in [-0.2, 0) is 10.8 Å². The summed E-state index contributed by atoms with van der Waals surface area (Å²) in [7, 11) is -0.807. The zero-order valence-electron chi connectivity index (χ0n) is 8.03. The van der Waals surface area contributed by atoms with Crippen LogP contribution in [0.25, 0.3) is 0 Å². The zero-order valence-corrected chi connectivity index (χ0v) is 10.4. The van der Waals surface area contributed by atoms with Crippen LogP contribution in [0.3, 0.4) is 0 Å². The maximum Gasteiger partial charge on any atom is 0.130 e. The molecule has 0 saturated heterocycles. The minimum Gasteiger partial charge on any atom is -0.369 e. The largest absolute Gasteiger partial charge is 0.369 e. The summed E-state index contributed by atoms with van der Waals surface area (Å²) in [5.74, 6) is 0.740. The number of anilines is 1. The first-order valence-corrected chi connectivity index (χ1v) is 6.54. The lowest BCUT2D eigenvalue weighted by Crippen LogP contribution is -2.21. The van der Waals surface area contributed by atoms with E-state index in [-0.39, 0.29) is 5.25 Å². The minimum atomic E-state index is -0.807. The highest BCUT2D eigenvalue weighted by Crippen LogP contribution is 2.09. The average Bonchev–Trinajstić information content (AvgIpc) is 2.14. The first-order valence-electron chi connectivity index (χ1n) is 4.13. The van der Waals surface area contributed by atoms with E-state index < -0.39 is 10.8 Å². The Morgan fingerprint density at radius 2 is 2.36 bits per heavy atom. The second-order valence-electron chi connectivity index (χ2n) is 2.92. The molecule has 2 atom stereocenters. The number of halogens is 1. The van der Waals surface area contributed by atoms with Crippen molar-refractivity contribution in [1.29, 1.82) is 0 Å². The van der Waals surface area contributed by atoms with Crippen molar-refractivity contribution < 1.29 is 4.21 Å². The molecule has 0 amide bonds. The van der Waals surface area contributed by atoms with Crippen molar-refractivity contribution in [3.05, 3.63) is 17.0 Å². The van der Waals surface area contributed by atoms with Gasteiger partial charge in [-0.25, -0.2) is 9.97 Å². The van der Waals surface area contributed by atoms with E-state index >= 15 is 0 Å². The lowest BCUT2D eigenvalue weighted by Gasteiger charge is -2.09. The van der Waals surface area contributed by atoms with E-state index in [1.165, 1.54) is 6.33 Å². The van der Waals surface area contributed by atoms with Crippen molar-refractivity contribution in [2.45, 2.75) is 12.2 Å². The third-order valence-corrected chi connectivity index (χ3v) is 3.50. The normalized spacial score (nSPS) is 14.8. The van der Waals surface area contributed by atoms with Crippen molar-refractivity contribution in [1.82, 2.24) is 9.97 Å². The van der Waals surface area contributed by atoms with Crippen LogP contribution >= 0.6 is 15.9 Å². The molecule has 14 heavy (non-hydrogen) atoms. The van der Waals surface area contributed by atoms with Gasteiger partial charge in [-0.2, -0.15) is 0 Å². The van der Waals surface area contributed by atoms with Gasteiger partial charge in [-0.15, -0.1) is 0 Å². The molecule has 0 aliphatic rings. The average molecular weight is 278 g/mol. The van der Waals surface area contributed by atoms with Crippen LogP contribution in [0.4, 0.5) is 5.82 Å². The molecule has 1 aromatic heterocycles. The van der Waals surface area contributed by atoms with Crippen LogP contribution in [0.2, 0.25) is 0 Å². The lowest BCUT2D eigenvalue weighted by molar-refractivity contribution is 0.679. The first-order chi connectivity index (χ1) is 6.59. The molecule has 6 heteroatoms. The van der Waals surface area contributed by atoms with Gasteiger partial charge in [0.05, 0.1) is 0 Å². The summed E-state index contributed by atoms with van der Waals surface area (Å²) < 4.78 is 11.8. The van der Waals surface area contributed by atoms with Gasteiger partial charge in [0.25, 0.3) is 0 Å². The SMILES string of the molecule is CC(CNc1cc(Br)ncn1)S(C)=O. The van der Waals surface area contributed by atoms with Gasteiger partial charge in [0.2, 0.25) is 0 Å². The van der Waals surface area contributed by atoms with E-state index in [1.807, 2.05) is 6.92 Å². The standard InChI is InChI=1S/C8H12BrN3OS/c1-6(14(2)13)4-10-8-3-7(9)11-5-12-8/h3,5-6H,4H2,1-2H3,(H,10,11,12). The predicted octanol–water partition coefficient (Wildman–Crippen LogP) is 1.42. The fourth-order valence-electron chi connectivity index (χ4n) is 0.796. The van der Waals surface area contributed by atoms with Crippen LogP contribution in [-0.4, -0.2) is 32.2 Å². The molecular weight excluding hydrogens is 266 g/mol. The van der Waals surface area contributed by atoms with Gasteiger partial charge in [-0.3, -0.25) is 4.21 Å². The molecule has 0 radical (unpaired) electrons. The summed E-state index contributed by atoms with van der Waals surface area (Å²) >= 11 is 3.25. The smallest absolute Gasteiger partial charge is 0.130 e. The van der Waals surface area contributed by atoms with Gasteiger partial charge in [-0.1, -0.05) is 0 Å². The van der Waals surface area contributed by atoms with E-state index in [2.05, 4.69) is 31.2 Å². The number of aromatic nitrogens is 2. The van der Waals surface area contributed by atoms with Crippen LogP contribution < -0.4 is 5.32 Å². The van der Waals surface area contributed by atoms with Gasteiger partial charge in [0, 0.05) is 34.9 Å².